The summed E-state index contributed by atoms with van der Waals surface area (Å²) in [5, 5.41) is 12.7. The van der Waals surface area contributed by atoms with Crippen LogP contribution in [0.4, 0.5) is 0 Å². The van der Waals surface area contributed by atoms with Gasteiger partial charge in [0, 0.05) is 17.9 Å². The number of rotatable bonds is 4. The summed E-state index contributed by atoms with van der Waals surface area (Å²) in [7, 11) is 0. The summed E-state index contributed by atoms with van der Waals surface area (Å²) in [4.78, 5) is 8.17. The predicted octanol–water partition coefficient (Wildman–Crippen LogP) is 0.726. The Labute approximate surface area is 84.4 Å². The average Bonchev–Trinajstić information content (AvgIpc) is 2.16. The molecule has 0 aliphatic heterocycles. The zero-order chi connectivity index (χ0) is 10.6. The lowest BCUT2D eigenvalue weighted by Gasteiger charge is -2.29. The van der Waals surface area contributed by atoms with Gasteiger partial charge in [-0.3, -0.25) is 0 Å². The van der Waals surface area contributed by atoms with E-state index < -0.39 is 6.10 Å². The van der Waals surface area contributed by atoms with Gasteiger partial charge in [-0.05, 0) is 26.8 Å². The van der Waals surface area contributed by atoms with Crippen LogP contribution in [0.25, 0.3) is 0 Å². The van der Waals surface area contributed by atoms with Crippen LogP contribution in [-0.4, -0.2) is 26.7 Å². The lowest BCUT2D eigenvalue weighted by Crippen LogP contribution is -2.47. The van der Waals surface area contributed by atoms with Gasteiger partial charge in [0.25, 0.3) is 0 Å². The lowest BCUT2D eigenvalue weighted by atomic mass is 9.99. The molecular formula is C10H17N3O. The van der Waals surface area contributed by atoms with Crippen molar-refractivity contribution in [2.45, 2.75) is 39.0 Å². The van der Waals surface area contributed by atoms with Crippen LogP contribution in [0, 0.1) is 0 Å². The van der Waals surface area contributed by atoms with E-state index in [9.17, 15) is 5.11 Å². The topological polar surface area (TPSA) is 58.0 Å². The van der Waals surface area contributed by atoms with Gasteiger partial charge in [0.2, 0.25) is 0 Å². The van der Waals surface area contributed by atoms with Crippen LogP contribution in [0.3, 0.4) is 0 Å². The molecule has 0 saturated heterocycles. The lowest BCUT2D eigenvalue weighted by molar-refractivity contribution is 0.0951. The minimum absolute atomic E-state index is 0.320. The van der Waals surface area contributed by atoms with Crippen LogP contribution in [0.5, 0.6) is 0 Å². The summed E-state index contributed by atoms with van der Waals surface area (Å²) in [5.74, 6) is 0.737. The molecule has 1 aromatic heterocycles. The first-order chi connectivity index (χ1) is 6.52. The molecule has 78 valence electrons. The molecule has 0 saturated carbocycles. The minimum atomic E-state index is -0.411. The Morgan fingerprint density at radius 3 is 2.50 bits per heavy atom. The third kappa shape index (κ3) is 3.05. The fourth-order valence-electron chi connectivity index (χ4n) is 0.876. The second-order valence-corrected chi connectivity index (χ2v) is 3.92. The summed E-state index contributed by atoms with van der Waals surface area (Å²) >= 11 is 0. The van der Waals surface area contributed by atoms with Gasteiger partial charge in [-0.15, -0.1) is 0 Å². The fraction of sp³-hybridized carbons (Fsp3) is 0.600. The van der Waals surface area contributed by atoms with E-state index >= 15 is 0 Å². The summed E-state index contributed by atoms with van der Waals surface area (Å²) in [5.41, 5.74) is -0.320. The molecule has 0 aliphatic carbocycles. The fourth-order valence-corrected chi connectivity index (χ4v) is 0.876. The van der Waals surface area contributed by atoms with Crippen LogP contribution in [0.2, 0.25) is 0 Å². The molecule has 0 bridgehead atoms. The average molecular weight is 195 g/mol. The van der Waals surface area contributed by atoms with Crippen molar-refractivity contribution < 1.29 is 5.11 Å². The zero-order valence-corrected chi connectivity index (χ0v) is 8.86. The van der Waals surface area contributed by atoms with Gasteiger partial charge < -0.3 is 10.4 Å². The van der Waals surface area contributed by atoms with Gasteiger partial charge in [-0.25, -0.2) is 9.97 Å². The maximum Gasteiger partial charge on any atom is 0.141 e. The van der Waals surface area contributed by atoms with Gasteiger partial charge in [-0.2, -0.15) is 0 Å². The first-order valence-electron chi connectivity index (χ1n) is 4.71. The molecule has 0 aromatic carbocycles. The van der Waals surface area contributed by atoms with Crippen molar-refractivity contribution in [2.75, 3.05) is 0 Å². The highest BCUT2D eigenvalue weighted by Crippen LogP contribution is 2.08. The first kappa shape index (κ1) is 11.1. The van der Waals surface area contributed by atoms with E-state index in [4.69, 9.17) is 0 Å². The van der Waals surface area contributed by atoms with Crippen LogP contribution >= 0.6 is 0 Å². The second kappa shape index (κ2) is 4.48. The molecule has 1 aromatic rings. The largest absolute Gasteiger partial charge is 0.392 e. The maximum atomic E-state index is 9.45. The van der Waals surface area contributed by atoms with Crippen LogP contribution in [0.15, 0.2) is 18.5 Å². The van der Waals surface area contributed by atoms with Crippen molar-refractivity contribution >= 4 is 0 Å². The molecule has 1 unspecified atom stereocenters. The number of aromatic nitrogens is 2. The molecule has 0 spiro atoms. The molecule has 0 aliphatic rings. The highest BCUT2D eigenvalue weighted by Gasteiger charge is 2.23. The van der Waals surface area contributed by atoms with E-state index in [-0.39, 0.29) is 5.54 Å². The molecule has 1 atom stereocenters. The number of aliphatic hydroxyl groups is 1. The minimum Gasteiger partial charge on any atom is -0.392 e. The van der Waals surface area contributed by atoms with Gasteiger partial charge in [0.1, 0.15) is 5.82 Å². The van der Waals surface area contributed by atoms with Crippen LogP contribution < -0.4 is 5.32 Å². The predicted molar refractivity (Wildman–Crippen MR) is 54.6 cm³/mol. The number of nitrogens with one attached hydrogen (secondary N) is 1. The summed E-state index contributed by atoms with van der Waals surface area (Å²) in [6.07, 6.45) is 3.00. The van der Waals surface area contributed by atoms with Crippen molar-refractivity contribution in [1.82, 2.24) is 15.3 Å². The Balaban J connectivity index is 2.49. The molecule has 0 radical (unpaired) electrons. The number of nitrogens with zero attached hydrogens (tertiary/aromatic N) is 2. The SMILES string of the molecule is CC(O)C(C)(C)NCc1ncccn1. The van der Waals surface area contributed by atoms with Gasteiger partial charge in [0.05, 0.1) is 12.6 Å². The molecule has 2 N–H and O–H groups in total. The third-order valence-corrected chi connectivity index (χ3v) is 2.37. The molecule has 0 amide bonds. The Hall–Kier alpha value is -1.00. The van der Waals surface area contributed by atoms with Gasteiger partial charge in [0.15, 0.2) is 0 Å². The maximum absolute atomic E-state index is 9.45. The number of hydrogen-bond acceptors (Lipinski definition) is 4. The van der Waals surface area contributed by atoms with Crippen LogP contribution in [-0.2, 0) is 6.54 Å². The molecule has 1 heterocycles. The zero-order valence-electron chi connectivity index (χ0n) is 8.86. The van der Waals surface area contributed by atoms with Crippen molar-refractivity contribution in [2.24, 2.45) is 0 Å². The van der Waals surface area contributed by atoms with E-state index in [0.29, 0.717) is 6.54 Å². The Bertz CT molecular complexity index is 272. The van der Waals surface area contributed by atoms with E-state index in [2.05, 4.69) is 15.3 Å². The van der Waals surface area contributed by atoms with E-state index in [0.717, 1.165) is 5.82 Å². The standard InChI is InChI=1S/C10H17N3O/c1-8(14)10(2,3)13-7-9-11-5-4-6-12-9/h4-6,8,13-14H,7H2,1-3H3. The van der Waals surface area contributed by atoms with E-state index in [1.54, 1.807) is 25.4 Å². The monoisotopic (exact) mass is 195 g/mol. The van der Waals surface area contributed by atoms with Crippen molar-refractivity contribution in [1.29, 1.82) is 0 Å². The Morgan fingerprint density at radius 1 is 1.43 bits per heavy atom. The van der Waals surface area contributed by atoms with Gasteiger partial charge in [-0.1, -0.05) is 0 Å². The quantitative estimate of drug-likeness (QED) is 0.743. The normalized spacial score (nSPS) is 14.0. The third-order valence-electron chi connectivity index (χ3n) is 2.37. The van der Waals surface area contributed by atoms with Crippen molar-refractivity contribution in [3.8, 4) is 0 Å². The van der Waals surface area contributed by atoms with E-state index in [1.807, 2.05) is 13.8 Å². The molecule has 1 rings (SSSR count). The number of hydrogen-bond donors (Lipinski definition) is 2. The van der Waals surface area contributed by atoms with E-state index in [1.165, 1.54) is 0 Å². The summed E-state index contributed by atoms with van der Waals surface area (Å²) in [6, 6.07) is 1.78. The Kier molecular flexibility index (Phi) is 3.55. The summed E-state index contributed by atoms with van der Waals surface area (Å²) in [6.45, 7) is 6.22. The molecule has 0 fully saturated rings. The smallest absolute Gasteiger partial charge is 0.141 e. The Morgan fingerprint density at radius 2 is 2.00 bits per heavy atom. The highest BCUT2D eigenvalue weighted by atomic mass is 16.3. The summed E-state index contributed by atoms with van der Waals surface area (Å²) < 4.78 is 0. The van der Waals surface area contributed by atoms with Crippen LogP contribution in [0.1, 0.15) is 26.6 Å². The van der Waals surface area contributed by atoms with Gasteiger partial charge >= 0.3 is 0 Å². The second-order valence-electron chi connectivity index (χ2n) is 3.92. The first-order valence-corrected chi connectivity index (χ1v) is 4.71. The molecule has 4 nitrogen and oxygen atoms in total. The molecule has 4 heteroatoms. The molecular weight excluding hydrogens is 178 g/mol. The molecule has 14 heavy (non-hydrogen) atoms. The van der Waals surface area contributed by atoms with Crippen molar-refractivity contribution in [3.05, 3.63) is 24.3 Å². The van der Waals surface area contributed by atoms with Crippen molar-refractivity contribution in [3.63, 3.8) is 0 Å². The highest BCUT2D eigenvalue weighted by molar-refractivity contribution is 4.91. The number of aliphatic hydroxyl groups excluding tert-OH is 1.